The third-order valence-electron chi connectivity index (χ3n) is 4.47. The number of hydrogen-bond acceptors (Lipinski definition) is 3. The maximum atomic E-state index is 12.3. The van der Waals surface area contributed by atoms with Crippen LogP contribution in [-0.4, -0.2) is 48.3 Å². The van der Waals surface area contributed by atoms with Crippen LogP contribution in [0.1, 0.15) is 33.6 Å². The van der Waals surface area contributed by atoms with E-state index in [1.54, 1.807) is 16.7 Å². The van der Waals surface area contributed by atoms with E-state index in [2.05, 4.69) is 5.32 Å². The summed E-state index contributed by atoms with van der Waals surface area (Å²) in [6.07, 6.45) is 0.943. The molecule has 1 saturated heterocycles. The molecule has 1 aromatic rings. The molecule has 1 heterocycles. The molecule has 0 saturated carbocycles. The first kappa shape index (κ1) is 19.0. The van der Waals surface area contributed by atoms with Gasteiger partial charge in [0.2, 0.25) is 17.7 Å². The highest BCUT2D eigenvalue weighted by molar-refractivity contribution is 6.00. The maximum Gasteiger partial charge on any atom is 0.227 e. The van der Waals surface area contributed by atoms with Crippen LogP contribution in [0.2, 0.25) is 0 Å². The topological polar surface area (TPSA) is 69.7 Å². The number of hydrogen-bond donors (Lipinski definition) is 1. The normalized spacial score (nSPS) is 17.0. The zero-order chi connectivity index (χ0) is 18.4. The van der Waals surface area contributed by atoms with Gasteiger partial charge in [-0.05, 0) is 32.4 Å². The van der Waals surface area contributed by atoms with Crippen LogP contribution in [0.3, 0.4) is 0 Å². The molecule has 0 aliphatic carbocycles. The molecular weight excluding hydrogens is 318 g/mol. The fourth-order valence-electron chi connectivity index (χ4n) is 3.13. The second-order valence-electron chi connectivity index (χ2n) is 6.69. The summed E-state index contributed by atoms with van der Waals surface area (Å²) in [7, 11) is 0. The van der Waals surface area contributed by atoms with Gasteiger partial charge in [-0.15, -0.1) is 0 Å². The SMILES string of the molecule is CC(=O)N(CCCNC(=O)[C@@H]1CC(=O)N(c2ccccc2)C1)C(C)C. The Hall–Kier alpha value is -2.37. The molecule has 25 heavy (non-hydrogen) atoms. The molecule has 6 nitrogen and oxygen atoms in total. The van der Waals surface area contributed by atoms with Crippen LogP contribution in [0.4, 0.5) is 5.69 Å². The molecule has 3 amide bonds. The minimum Gasteiger partial charge on any atom is -0.356 e. The Labute approximate surface area is 149 Å². The molecule has 1 fully saturated rings. The zero-order valence-electron chi connectivity index (χ0n) is 15.2. The number of para-hydroxylation sites is 1. The van der Waals surface area contributed by atoms with E-state index in [0.717, 1.165) is 5.69 Å². The van der Waals surface area contributed by atoms with Crippen molar-refractivity contribution in [2.24, 2.45) is 5.92 Å². The molecule has 1 aliphatic rings. The van der Waals surface area contributed by atoms with Gasteiger partial charge in [0, 0.05) is 44.7 Å². The molecule has 1 aliphatic heterocycles. The Kier molecular flexibility index (Phi) is 6.56. The van der Waals surface area contributed by atoms with Gasteiger partial charge in [0.25, 0.3) is 0 Å². The van der Waals surface area contributed by atoms with Crippen molar-refractivity contribution in [1.82, 2.24) is 10.2 Å². The Morgan fingerprint density at radius 2 is 1.96 bits per heavy atom. The number of carbonyl (C=O) groups is 3. The molecule has 1 atom stereocenters. The number of nitrogens with zero attached hydrogens (tertiary/aromatic N) is 2. The van der Waals surface area contributed by atoms with Crippen molar-refractivity contribution >= 4 is 23.4 Å². The lowest BCUT2D eigenvalue weighted by Crippen LogP contribution is -2.38. The highest BCUT2D eigenvalue weighted by atomic mass is 16.2. The zero-order valence-corrected chi connectivity index (χ0v) is 15.2. The van der Waals surface area contributed by atoms with Crippen LogP contribution in [0.15, 0.2) is 30.3 Å². The van der Waals surface area contributed by atoms with Gasteiger partial charge in [-0.1, -0.05) is 18.2 Å². The van der Waals surface area contributed by atoms with Gasteiger partial charge in [-0.25, -0.2) is 0 Å². The van der Waals surface area contributed by atoms with Crippen LogP contribution >= 0.6 is 0 Å². The smallest absolute Gasteiger partial charge is 0.227 e. The Balaban J connectivity index is 1.78. The van der Waals surface area contributed by atoms with E-state index < -0.39 is 0 Å². The summed E-state index contributed by atoms with van der Waals surface area (Å²) < 4.78 is 0. The number of anilines is 1. The van der Waals surface area contributed by atoms with E-state index >= 15 is 0 Å². The second-order valence-corrected chi connectivity index (χ2v) is 6.69. The first-order valence-electron chi connectivity index (χ1n) is 8.80. The third kappa shape index (κ3) is 5.05. The number of nitrogens with one attached hydrogen (secondary N) is 1. The van der Waals surface area contributed by atoms with Crippen molar-refractivity contribution in [3.05, 3.63) is 30.3 Å². The molecule has 0 aromatic heterocycles. The van der Waals surface area contributed by atoms with Crippen LogP contribution in [-0.2, 0) is 14.4 Å². The van der Waals surface area contributed by atoms with Crippen molar-refractivity contribution < 1.29 is 14.4 Å². The minimum absolute atomic E-state index is 0.0195. The van der Waals surface area contributed by atoms with Crippen LogP contribution in [0.5, 0.6) is 0 Å². The largest absolute Gasteiger partial charge is 0.356 e. The summed E-state index contributed by atoms with van der Waals surface area (Å²) >= 11 is 0. The van der Waals surface area contributed by atoms with Gasteiger partial charge in [0.1, 0.15) is 0 Å². The van der Waals surface area contributed by atoms with Crippen molar-refractivity contribution in [3.63, 3.8) is 0 Å². The predicted octanol–water partition coefficient (Wildman–Crippen LogP) is 1.80. The van der Waals surface area contributed by atoms with E-state index in [1.807, 2.05) is 44.2 Å². The third-order valence-corrected chi connectivity index (χ3v) is 4.47. The molecular formula is C19H27N3O3. The summed E-state index contributed by atoms with van der Waals surface area (Å²) in [5.41, 5.74) is 0.830. The van der Waals surface area contributed by atoms with Gasteiger partial charge in [-0.2, -0.15) is 0 Å². The molecule has 136 valence electrons. The van der Waals surface area contributed by atoms with Gasteiger partial charge < -0.3 is 15.1 Å². The molecule has 6 heteroatoms. The van der Waals surface area contributed by atoms with E-state index in [-0.39, 0.29) is 36.1 Å². The van der Waals surface area contributed by atoms with Crippen LogP contribution < -0.4 is 10.2 Å². The Morgan fingerprint density at radius 1 is 1.28 bits per heavy atom. The van der Waals surface area contributed by atoms with E-state index in [9.17, 15) is 14.4 Å². The molecule has 0 spiro atoms. The predicted molar refractivity (Wildman–Crippen MR) is 97.1 cm³/mol. The van der Waals surface area contributed by atoms with E-state index in [1.165, 1.54) is 0 Å². The fraction of sp³-hybridized carbons (Fsp3) is 0.526. The molecule has 0 radical (unpaired) electrons. The minimum atomic E-state index is -0.318. The fourth-order valence-corrected chi connectivity index (χ4v) is 3.13. The molecule has 0 unspecified atom stereocenters. The molecule has 0 bridgehead atoms. The monoisotopic (exact) mass is 345 g/mol. The average molecular weight is 345 g/mol. The van der Waals surface area contributed by atoms with Gasteiger partial charge in [-0.3, -0.25) is 14.4 Å². The summed E-state index contributed by atoms with van der Waals surface area (Å²) in [5, 5.41) is 2.89. The number of rotatable bonds is 7. The number of benzene rings is 1. The summed E-state index contributed by atoms with van der Waals surface area (Å²) in [6, 6.07) is 9.56. The van der Waals surface area contributed by atoms with E-state index in [4.69, 9.17) is 0 Å². The van der Waals surface area contributed by atoms with Crippen molar-refractivity contribution in [2.45, 2.75) is 39.7 Å². The quantitative estimate of drug-likeness (QED) is 0.766. The standard InChI is InChI=1S/C19H27N3O3/c1-14(2)21(15(3)23)11-7-10-20-19(25)16-12-18(24)22(13-16)17-8-5-4-6-9-17/h4-6,8-9,14,16H,7,10-13H2,1-3H3,(H,20,25)/t16-/m1/s1. The van der Waals surface area contributed by atoms with Gasteiger partial charge in [0.05, 0.1) is 5.92 Å². The number of carbonyl (C=O) groups excluding carboxylic acids is 3. The Morgan fingerprint density at radius 3 is 2.56 bits per heavy atom. The summed E-state index contributed by atoms with van der Waals surface area (Å²) in [6.45, 7) is 7.05. The van der Waals surface area contributed by atoms with Crippen molar-refractivity contribution in [3.8, 4) is 0 Å². The lowest BCUT2D eigenvalue weighted by Gasteiger charge is -2.25. The first-order valence-corrected chi connectivity index (χ1v) is 8.80. The maximum absolute atomic E-state index is 12.3. The van der Waals surface area contributed by atoms with Crippen LogP contribution in [0.25, 0.3) is 0 Å². The number of amides is 3. The lowest BCUT2D eigenvalue weighted by atomic mass is 10.1. The highest BCUT2D eigenvalue weighted by Gasteiger charge is 2.34. The van der Waals surface area contributed by atoms with Gasteiger partial charge >= 0.3 is 0 Å². The van der Waals surface area contributed by atoms with E-state index in [0.29, 0.717) is 26.1 Å². The van der Waals surface area contributed by atoms with Gasteiger partial charge in [0.15, 0.2) is 0 Å². The molecule has 1 aromatic carbocycles. The first-order chi connectivity index (χ1) is 11.9. The Bertz CT molecular complexity index is 616. The second kappa shape index (κ2) is 8.65. The lowest BCUT2D eigenvalue weighted by molar-refractivity contribution is -0.130. The summed E-state index contributed by atoms with van der Waals surface area (Å²) in [4.78, 5) is 39.4. The molecule has 1 N–H and O–H groups in total. The highest BCUT2D eigenvalue weighted by Crippen LogP contribution is 2.24. The molecule has 2 rings (SSSR count). The van der Waals surface area contributed by atoms with Crippen molar-refractivity contribution in [1.29, 1.82) is 0 Å². The summed E-state index contributed by atoms with van der Waals surface area (Å²) in [5.74, 6) is -0.387. The van der Waals surface area contributed by atoms with Crippen LogP contribution in [0, 0.1) is 5.92 Å². The average Bonchev–Trinajstić information content (AvgIpc) is 2.96. The van der Waals surface area contributed by atoms with Crippen molar-refractivity contribution in [2.75, 3.05) is 24.5 Å².